The molecule has 0 aliphatic rings. The Labute approximate surface area is 84.9 Å². The molecule has 4 heteroatoms. The zero-order valence-corrected chi connectivity index (χ0v) is 8.78. The number of aliphatic hydroxyl groups excluding tert-OH is 1. The highest BCUT2D eigenvalue weighted by Crippen LogP contribution is 2.14. The molecule has 70 valence electrons. The van der Waals surface area contributed by atoms with Gasteiger partial charge in [0.2, 0.25) is 0 Å². The molecule has 0 saturated carbocycles. The highest BCUT2D eigenvalue weighted by atomic mass is 79.9. The van der Waals surface area contributed by atoms with Crippen LogP contribution in [0.5, 0.6) is 0 Å². The van der Waals surface area contributed by atoms with Gasteiger partial charge in [-0.15, -0.1) is 0 Å². The molecule has 1 aromatic heterocycles. The molecule has 0 aliphatic heterocycles. The van der Waals surface area contributed by atoms with Gasteiger partial charge in [-0.2, -0.15) is 0 Å². The van der Waals surface area contributed by atoms with Gasteiger partial charge in [-0.05, 0) is 35.0 Å². The smallest absolute Gasteiger partial charge is 0.166 e. The van der Waals surface area contributed by atoms with Crippen molar-refractivity contribution in [1.82, 2.24) is 4.98 Å². The van der Waals surface area contributed by atoms with Crippen LogP contribution in [0.25, 0.3) is 0 Å². The Morgan fingerprint density at radius 3 is 3.00 bits per heavy atom. The third-order valence-corrected chi connectivity index (χ3v) is 2.36. The monoisotopic (exact) mass is 243 g/mol. The first kappa shape index (κ1) is 10.3. The minimum absolute atomic E-state index is 0.166. The number of hydrogen-bond acceptors (Lipinski definition) is 3. The second-order valence-corrected chi connectivity index (χ2v) is 3.61. The summed E-state index contributed by atoms with van der Waals surface area (Å²) in [6, 6.07) is 3.60. The predicted octanol–water partition coefficient (Wildman–Crippen LogP) is 1.34. The lowest BCUT2D eigenvalue weighted by Gasteiger charge is -2.03. The number of carbonyl (C=O) groups is 1. The fraction of sp³-hybridized carbons (Fsp3) is 0.333. The lowest BCUT2D eigenvalue weighted by molar-refractivity contribution is -0.125. The largest absolute Gasteiger partial charge is 0.386 e. The van der Waals surface area contributed by atoms with Crippen LogP contribution in [0.1, 0.15) is 12.6 Å². The first-order chi connectivity index (χ1) is 6.11. The maximum absolute atomic E-state index is 11.2. The van der Waals surface area contributed by atoms with Crippen LogP contribution in [0.2, 0.25) is 0 Å². The minimum Gasteiger partial charge on any atom is -0.386 e. The normalized spacial score (nSPS) is 12.5. The standard InChI is InChI=1S/C9H10BrNO2/c1-6(12)9(13)5-8-7(10)3-2-4-11-8/h2-4,6,12H,5H2,1H3. The molecule has 0 aromatic carbocycles. The molecule has 0 bridgehead atoms. The number of pyridine rings is 1. The topological polar surface area (TPSA) is 50.2 Å². The van der Waals surface area contributed by atoms with Crippen LogP contribution in [0, 0.1) is 0 Å². The first-order valence-electron chi connectivity index (χ1n) is 3.91. The van der Waals surface area contributed by atoms with Crippen molar-refractivity contribution in [2.45, 2.75) is 19.4 Å². The van der Waals surface area contributed by atoms with Crippen LogP contribution in [0.15, 0.2) is 22.8 Å². The Morgan fingerprint density at radius 1 is 1.77 bits per heavy atom. The molecular formula is C9H10BrNO2. The van der Waals surface area contributed by atoms with E-state index in [1.807, 2.05) is 6.07 Å². The van der Waals surface area contributed by atoms with Gasteiger partial charge in [0.05, 0.1) is 12.1 Å². The van der Waals surface area contributed by atoms with Crippen molar-refractivity contribution in [2.75, 3.05) is 0 Å². The fourth-order valence-electron chi connectivity index (χ4n) is 0.861. The number of aromatic nitrogens is 1. The van der Waals surface area contributed by atoms with E-state index in [-0.39, 0.29) is 12.2 Å². The summed E-state index contributed by atoms with van der Waals surface area (Å²) in [5.41, 5.74) is 0.661. The molecule has 13 heavy (non-hydrogen) atoms. The molecule has 1 rings (SSSR count). The van der Waals surface area contributed by atoms with Crippen LogP contribution in [-0.2, 0) is 11.2 Å². The van der Waals surface area contributed by atoms with E-state index in [4.69, 9.17) is 5.11 Å². The zero-order chi connectivity index (χ0) is 9.84. The number of hydrogen-bond donors (Lipinski definition) is 1. The Morgan fingerprint density at radius 2 is 2.46 bits per heavy atom. The summed E-state index contributed by atoms with van der Waals surface area (Å²) < 4.78 is 0.795. The summed E-state index contributed by atoms with van der Waals surface area (Å²) in [6.07, 6.45) is 0.864. The van der Waals surface area contributed by atoms with Crippen LogP contribution >= 0.6 is 15.9 Å². The second kappa shape index (κ2) is 4.48. The molecular weight excluding hydrogens is 234 g/mol. The zero-order valence-electron chi connectivity index (χ0n) is 7.20. The molecule has 3 nitrogen and oxygen atoms in total. The highest BCUT2D eigenvalue weighted by Gasteiger charge is 2.12. The number of nitrogens with zero attached hydrogens (tertiary/aromatic N) is 1. The maximum Gasteiger partial charge on any atom is 0.166 e. The van der Waals surface area contributed by atoms with E-state index in [1.165, 1.54) is 6.92 Å². The lowest BCUT2D eigenvalue weighted by atomic mass is 10.1. The van der Waals surface area contributed by atoms with Crippen molar-refractivity contribution in [3.05, 3.63) is 28.5 Å². The van der Waals surface area contributed by atoms with Gasteiger partial charge >= 0.3 is 0 Å². The Balaban J connectivity index is 2.75. The van der Waals surface area contributed by atoms with Crippen molar-refractivity contribution < 1.29 is 9.90 Å². The molecule has 1 heterocycles. The SMILES string of the molecule is CC(O)C(=O)Cc1ncccc1Br. The van der Waals surface area contributed by atoms with Crippen LogP contribution in [0.4, 0.5) is 0 Å². The summed E-state index contributed by atoms with van der Waals surface area (Å²) >= 11 is 3.28. The molecule has 0 saturated heterocycles. The summed E-state index contributed by atoms with van der Waals surface area (Å²) in [7, 11) is 0. The Kier molecular flexibility index (Phi) is 3.57. The summed E-state index contributed by atoms with van der Waals surface area (Å²) in [5, 5.41) is 8.98. The number of aliphatic hydroxyl groups is 1. The molecule has 0 spiro atoms. The molecule has 1 aromatic rings. The van der Waals surface area contributed by atoms with E-state index < -0.39 is 6.10 Å². The Bertz CT molecular complexity index is 312. The van der Waals surface area contributed by atoms with E-state index >= 15 is 0 Å². The third kappa shape index (κ3) is 2.90. The lowest BCUT2D eigenvalue weighted by Crippen LogP contribution is -2.19. The summed E-state index contributed by atoms with van der Waals surface area (Å²) in [6.45, 7) is 1.46. The van der Waals surface area contributed by atoms with Gasteiger partial charge in [0, 0.05) is 10.7 Å². The van der Waals surface area contributed by atoms with Gasteiger partial charge in [0.15, 0.2) is 5.78 Å². The average Bonchev–Trinajstić information content (AvgIpc) is 2.08. The van der Waals surface area contributed by atoms with E-state index in [1.54, 1.807) is 12.3 Å². The first-order valence-corrected chi connectivity index (χ1v) is 4.70. The van der Waals surface area contributed by atoms with E-state index in [0.29, 0.717) is 5.69 Å². The molecule has 1 N–H and O–H groups in total. The molecule has 1 unspecified atom stereocenters. The quantitative estimate of drug-likeness (QED) is 0.872. The number of carbonyl (C=O) groups excluding carboxylic acids is 1. The van der Waals surface area contributed by atoms with Gasteiger partial charge in [-0.25, -0.2) is 0 Å². The van der Waals surface area contributed by atoms with Crippen LogP contribution in [-0.4, -0.2) is 22.0 Å². The van der Waals surface area contributed by atoms with Crippen molar-refractivity contribution >= 4 is 21.7 Å². The molecule has 0 radical (unpaired) electrons. The van der Waals surface area contributed by atoms with Crippen molar-refractivity contribution in [3.8, 4) is 0 Å². The molecule has 1 atom stereocenters. The van der Waals surface area contributed by atoms with Crippen molar-refractivity contribution in [3.63, 3.8) is 0 Å². The van der Waals surface area contributed by atoms with Crippen LogP contribution in [0.3, 0.4) is 0 Å². The van der Waals surface area contributed by atoms with Gasteiger partial charge in [0.1, 0.15) is 6.10 Å². The predicted molar refractivity (Wildman–Crippen MR) is 52.3 cm³/mol. The van der Waals surface area contributed by atoms with Crippen molar-refractivity contribution in [2.24, 2.45) is 0 Å². The van der Waals surface area contributed by atoms with Crippen LogP contribution < -0.4 is 0 Å². The van der Waals surface area contributed by atoms with Gasteiger partial charge in [-0.3, -0.25) is 9.78 Å². The van der Waals surface area contributed by atoms with E-state index in [2.05, 4.69) is 20.9 Å². The number of ketones is 1. The maximum atomic E-state index is 11.2. The summed E-state index contributed by atoms with van der Waals surface area (Å²) in [5.74, 6) is -0.223. The van der Waals surface area contributed by atoms with Crippen molar-refractivity contribution in [1.29, 1.82) is 0 Å². The van der Waals surface area contributed by atoms with Gasteiger partial charge in [-0.1, -0.05) is 0 Å². The van der Waals surface area contributed by atoms with Gasteiger partial charge < -0.3 is 5.11 Å². The second-order valence-electron chi connectivity index (χ2n) is 2.75. The number of Topliss-reactive ketones (excluding diaryl/α,β-unsaturated/α-hetero) is 1. The number of rotatable bonds is 3. The number of halogens is 1. The molecule has 0 aliphatic carbocycles. The third-order valence-electron chi connectivity index (χ3n) is 1.64. The fourth-order valence-corrected chi connectivity index (χ4v) is 1.26. The van der Waals surface area contributed by atoms with Gasteiger partial charge in [0.25, 0.3) is 0 Å². The van der Waals surface area contributed by atoms with E-state index in [9.17, 15) is 4.79 Å². The average molecular weight is 244 g/mol. The highest BCUT2D eigenvalue weighted by molar-refractivity contribution is 9.10. The summed E-state index contributed by atoms with van der Waals surface area (Å²) in [4.78, 5) is 15.2. The molecule has 0 amide bonds. The minimum atomic E-state index is -0.922. The Hall–Kier alpha value is -0.740. The molecule has 0 fully saturated rings. The van der Waals surface area contributed by atoms with E-state index in [0.717, 1.165) is 4.47 Å².